The molecule has 27 heavy (non-hydrogen) atoms. The first kappa shape index (κ1) is 18.7. The third-order valence-corrected chi connectivity index (χ3v) is 5.88. The molecule has 4 nitrogen and oxygen atoms in total. The van der Waals surface area contributed by atoms with E-state index >= 15 is 0 Å². The topological polar surface area (TPSA) is 42.2 Å². The molecule has 3 aromatic rings. The largest absolute Gasteiger partial charge is 0.338 e. The van der Waals surface area contributed by atoms with Gasteiger partial charge < -0.3 is 4.52 Å². The lowest BCUT2D eigenvalue weighted by Crippen LogP contribution is -2.33. The van der Waals surface area contributed by atoms with E-state index in [-0.39, 0.29) is 0 Å². The van der Waals surface area contributed by atoms with Gasteiger partial charge in [0.15, 0.2) is 0 Å². The highest BCUT2D eigenvalue weighted by Crippen LogP contribution is 2.29. The maximum atomic E-state index is 6.29. The fraction of sp³-hybridized carbons (Fsp3) is 0.333. The van der Waals surface area contributed by atoms with E-state index in [0.717, 1.165) is 29.0 Å². The molecule has 2 heterocycles. The second-order valence-electron chi connectivity index (χ2n) is 7.05. The van der Waals surface area contributed by atoms with Crippen molar-refractivity contribution in [1.82, 2.24) is 15.0 Å². The highest BCUT2D eigenvalue weighted by molar-refractivity contribution is 9.10. The summed E-state index contributed by atoms with van der Waals surface area (Å²) in [6.07, 6.45) is 3.57. The van der Waals surface area contributed by atoms with Gasteiger partial charge >= 0.3 is 0 Å². The van der Waals surface area contributed by atoms with Gasteiger partial charge in [-0.05, 0) is 62.0 Å². The monoisotopic (exact) mass is 445 g/mol. The van der Waals surface area contributed by atoms with Gasteiger partial charge in [-0.1, -0.05) is 63.0 Å². The normalized spacial score (nSPS) is 15.9. The van der Waals surface area contributed by atoms with Crippen LogP contribution in [-0.2, 0) is 13.0 Å². The number of likely N-dealkylation sites (tertiary alicyclic amines) is 1. The molecule has 2 aromatic carbocycles. The first-order valence-corrected chi connectivity index (χ1v) is 10.4. The van der Waals surface area contributed by atoms with Crippen LogP contribution >= 0.6 is 27.5 Å². The van der Waals surface area contributed by atoms with Crippen LogP contribution in [0.15, 0.2) is 57.5 Å². The molecule has 0 saturated carbocycles. The molecule has 6 heteroatoms. The summed E-state index contributed by atoms with van der Waals surface area (Å²) in [6.45, 7) is 2.82. The molecular weight excluding hydrogens is 426 g/mol. The summed E-state index contributed by atoms with van der Waals surface area (Å²) in [4.78, 5) is 6.92. The lowest BCUT2D eigenvalue weighted by atomic mass is 9.90. The fourth-order valence-corrected chi connectivity index (χ4v) is 4.34. The summed E-state index contributed by atoms with van der Waals surface area (Å²) < 4.78 is 6.39. The van der Waals surface area contributed by atoms with Crippen LogP contribution < -0.4 is 0 Å². The van der Waals surface area contributed by atoms with Crippen LogP contribution in [0.25, 0.3) is 11.4 Å². The van der Waals surface area contributed by atoms with Crippen molar-refractivity contribution in [2.24, 2.45) is 5.92 Å². The summed E-state index contributed by atoms with van der Waals surface area (Å²) in [7, 11) is 0. The second kappa shape index (κ2) is 8.55. The highest BCUT2D eigenvalue weighted by atomic mass is 79.9. The van der Waals surface area contributed by atoms with Crippen molar-refractivity contribution >= 4 is 27.5 Å². The average Bonchev–Trinajstić information content (AvgIpc) is 3.12. The second-order valence-corrected chi connectivity index (χ2v) is 8.37. The minimum atomic E-state index is 0.543. The van der Waals surface area contributed by atoms with Crippen molar-refractivity contribution < 1.29 is 4.52 Å². The minimum absolute atomic E-state index is 0.543. The van der Waals surface area contributed by atoms with Crippen LogP contribution in [0.5, 0.6) is 0 Å². The number of piperidine rings is 1. The van der Waals surface area contributed by atoms with E-state index in [9.17, 15) is 0 Å². The van der Waals surface area contributed by atoms with E-state index < -0.39 is 0 Å². The van der Waals surface area contributed by atoms with Crippen molar-refractivity contribution in [2.45, 2.75) is 25.8 Å². The Bertz CT molecular complexity index is 891. The third kappa shape index (κ3) is 4.78. The Hall–Kier alpha value is -1.69. The Morgan fingerprint density at radius 2 is 1.89 bits per heavy atom. The number of aromatic nitrogens is 2. The number of hydrogen-bond donors (Lipinski definition) is 0. The van der Waals surface area contributed by atoms with Crippen molar-refractivity contribution in [3.8, 4) is 11.4 Å². The number of nitrogens with zero attached hydrogens (tertiary/aromatic N) is 3. The maximum absolute atomic E-state index is 6.29. The molecule has 4 rings (SSSR count). The molecule has 0 N–H and O–H groups in total. The van der Waals surface area contributed by atoms with E-state index in [1.807, 2.05) is 18.2 Å². The number of benzene rings is 2. The summed E-state index contributed by atoms with van der Waals surface area (Å²) in [5.41, 5.74) is 2.22. The third-order valence-electron chi connectivity index (χ3n) is 5.07. The predicted molar refractivity (Wildman–Crippen MR) is 111 cm³/mol. The number of rotatable bonds is 5. The van der Waals surface area contributed by atoms with Gasteiger partial charge in [-0.2, -0.15) is 4.98 Å². The molecule has 0 bridgehead atoms. The Morgan fingerprint density at radius 1 is 1.11 bits per heavy atom. The zero-order chi connectivity index (χ0) is 18.6. The Kier molecular flexibility index (Phi) is 5.91. The quantitative estimate of drug-likeness (QED) is 0.511. The Balaban J connectivity index is 1.32. The average molecular weight is 447 g/mol. The Morgan fingerprint density at radius 3 is 2.63 bits per heavy atom. The van der Waals surface area contributed by atoms with Crippen LogP contribution in [-0.4, -0.2) is 28.1 Å². The molecule has 0 spiro atoms. The van der Waals surface area contributed by atoms with Crippen LogP contribution in [0.3, 0.4) is 0 Å². The van der Waals surface area contributed by atoms with E-state index in [1.54, 1.807) is 0 Å². The maximum Gasteiger partial charge on any atom is 0.241 e. The van der Waals surface area contributed by atoms with Crippen LogP contribution in [0.2, 0.25) is 5.02 Å². The molecule has 1 aliphatic rings. The summed E-state index contributed by atoms with van der Waals surface area (Å²) in [5, 5.41) is 4.71. The molecule has 0 unspecified atom stereocenters. The van der Waals surface area contributed by atoms with Crippen molar-refractivity contribution in [1.29, 1.82) is 0 Å². The zero-order valence-corrected chi connectivity index (χ0v) is 17.3. The molecule has 140 valence electrons. The highest BCUT2D eigenvalue weighted by Gasteiger charge is 2.21. The molecule has 1 fully saturated rings. The van der Waals surface area contributed by atoms with Crippen molar-refractivity contribution in [3.05, 3.63) is 69.5 Å². The molecule has 0 atom stereocenters. The molecule has 1 aliphatic heterocycles. The number of hydrogen-bond acceptors (Lipinski definition) is 4. The SMILES string of the molecule is Clc1cc(Br)ccc1-c1noc(CN2CCC(Cc3ccccc3)CC2)n1. The first-order chi connectivity index (χ1) is 13.2. The summed E-state index contributed by atoms with van der Waals surface area (Å²) in [5.74, 6) is 1.94. The van der Waals surface area contributed by atoms with Crippen LogP contribution in [0.1, 0.15) is 24.3 Å². The molecule has 0 radical (unpaired) electrons. The molecule has 0 aliphatic carbocycles. The number of halogens is 2. The van der Waals surface area contributed by atoms with E-state index in [2.05, 4.69) is 61.3 Å². The van der Waals surface area contributed by atoms with Crippen molar-refractivity contribution in [3.63, 3.8) is 0 Å². The smallest absolute Gasteiger partial charge is 0.241 e. The standard InChI is InChI=1S/C21H21BrClN3O/c22-17-6-7-18(19(23)13-17)21-24-20(27-25-21)14-26-10-8-16(9-11-26)12-15-4-2-1-3-5-15/h1-7,13,16H,8-12,14H2. The van der Waals surface area contributed by atoms with Crippen LogP contribution in [0, 0.1) is 5.92 Å². The molecule has 0 amide bonds. The van der Waals surface area contributed by atoms with Gasteiger partial charge in [0.25, 0.3) is 0 Å². The molecular formula is C21H21BrClN3O. The lowest BCUT2D eigenvalue weighted by Gasteiger charge is -2.31. The Labute approximate surface area is 172 Å². The van der Waals surface area contributed by atoms with E-state index in [0.29, 0.717) is 23.3 Å². The van der Waals surface area contributed by atoms with Gasteiger partial charge in [0.1, 0.15) is 0 Å². The van der Waals surface area contributed by atoms with E-state index in [1.165, 1.54) is 24.8 Å². The minimum Gasteiger partial charge on any atom is -0.338 e. The van der Waals surface area contributed by atoms with Gasteiger partial charge in [0, 0.05) is 10.0 Å². The summed E-state index contributed by atoms with van der Waals surface area (Å²) in [6, 6.07) is 16.4. The van der Waals surface area contributed by atoms with E-state index in [4.69, 9.17) is 16.1 Å². The van der Waals surface area contributed by atoms with Gasteiger partial charge in [0.2, 0.25) is 11.7 Å². The van der Waals surface area contributed by atoms with Gasteiger partial charge in [-0.3, -0.25) is 4.90 Å². The fourth-order valence-electron chi connectivity index (χ4n) is 3.59. The molecule has 1 saturated heterocycles. The van der Waals surface area contributed by atoms with Gasteiger partial charge in [0.05, 0.1) is 11.6 Å². The molecule has 1 aromatic heterocycles. The van der Waals surface area contributed by atoms with Crippen molar-refractivity contribution in [2.75, 3.05) is 13.1 Å². The lowest BCUT2D eigenvalue weighted by molar-refractivity contribution is 0.159. The summed E-state index contributed by atoms with van der Waals surface area (Å²) >= 11 is 9.70. The van der Waals surface area contributed by atoms with Gasteiger partial charge in [-0.25, -0.2) is 0 Å². The first-order valence-electron chi connectivity index (χ1n) is 9.21. The van der Waals surface area contributed by atoms with Gasteiger partial charge in [-0.15, -0.1) is 0 Å². The van der Waals surface area contributed by atoms with Crippen LogP contribution in [0.4, 0.5) is 0 Å². The zero-order valence-electron chi connectivity index (χ0n) is 14.9. The predicted octanol–water partition coefficient (Wildman–Crippen LogP) is 5.61.